The molecule has 0 atom stereocenters. The second kappa shape index (κ2) is 4.70. The summed E-state index contributed by atoms with van der Waals surface area (Å²) in [5, 5.41) is 8.99. The highest BCUT2D eigenvalue weighted by molar-refractivity contribution is 5.74. The van der Waals surface area contributed by atoms with E-state index in [0.29, 0.717) is 22.4 Å². The van der Waals surface area contributed by atoms with E-state index < -0.39 is 0 Å². The number of hydrogen-bond donors (Lipinski definition) is 0. The minimum absolute atomic E-state index is 0.0624. The molecule has 20 heavy (non-hydrogen) atoms. The van der Waals surface area contributed by atoms with Gasteiger partial charge in [0.05, 0.1) is 12.0 Å². The topological polar surface area (TPSA) is 67.4 Å². The Bertz CT molecular complexity index is 831. The Hall–Kier alpha value is -2.81. The average Bonchev–Trinajstić information content (AvgIpc) is 2.83. The molecule has 5 nitrogen and oxygen atoms in total. The number of nitrogens with zero attached hydrogens (tertiary/aromatic N) is 5. The molecule has 0 saturated carbocycles. The molecule has 0 amide bonds. The minimum Gasteiger partial charge on any atom is -0.318 e. The molecule has 0 spiro atoms. The first-order chi connectivity index (χ1) is 9.69. The number of fused-ring (bicyclic) bond motifs is 1. The van der Waals surface area contributed by atoms with Crippen LogP contribution in [0.1, 0.15) is 17.1 Å². The van der Waals surface area contributed by atoms with Gasteiger partial charge in [-0.15, -0.1) is 0 Å². The van der Waals surface area contributed by atoms with Crippen LogP contribution in [0.25, 0.3) is 11.2 Å². The van der Waals surface area contributed by atoms with Gasteiger partial charge in [0.2, 0.25) is 5.82 Å². The smallest absolute Gasteiger partial charge is 0.234 e. The molecule has 2 aromatic heterocycles. The molecular weight excluding hydrogens is 257 g/mol. The lowest BCUT2D eigenvalue weighted by Crippen LogP contribution is -2.02. The summed E-state index contributed by atoms with van der Waals surface area (Å²) < 4.78 is 15.4. The number of aryl methyl sites for hydroxylation is 1. The van der Waals surface area contributed by atoms with Crippen molar-refractivity contribution >= 4 is 11.2 Å². The molecule has 2 heterocycles. The maximum atomic E-state index is 13.7. The van der Waals surface area contributed by atoms with Crippen molar-refractivity contribution in [1.82, 2.24) is 19.5 Å². The van der Waals surface area contributed by atoms with Crippen LogP contribution in [0.15, 0.2) is 30.6 Å². The maximum Gasteiger partial charge on any atom is 0.234 e. The van der Waals surface area contributed by atoms with Crippen LogP contribution in [-0.2, 0) is 13.5 Å². The van der Waals surface area contributed by atoms with E-state index in [9.17, 15) is 4.39 Å². The average molecular weight is 267 g/mol. The van der Waals surface area contributed by atoms with Crippen LogP contribution in [0, 0.1) is 17.1 Å². The van der Waals surface area contributed by atoms with Crippen molar-refractivity contribution in [3.63, 3.8) is 0 Å². The predicted molar refractivity (Wildman–Crippen MR) is 70.2 cm³/mol. The number of nitriles is 1. The zero-order valence-corrected chi connectivity index (χ0v) is 10.7. The standard InChI is InChI=1S/C14H10FN5/c1-20-8-17-13-11(18-12(7-16)19-14(13)20)6-9-4-2-3-5-10(9)15/h2-5,8H,6H2,1H3. The van der Waals surface area contributed by atoms with Crippen LogP contribution in [0.3, 0.4) is 0 Å². The minimum atomic E-state index is -0.297. The summed E-state index contributed by atoms with van der Waals surface area (Å²) in [4.78, 5) is 12.5. The van der Waals surface area contributed by atoms with Gasteiger partial charge in [0, 0.05) is 13.5 Å². The third-order valence-electron chi connectivity index (χ3n) is 3.05. The molecule has 1 aromatic carbocycles. The Morgan fingerprint density at radius 2 is 2.10 bits per heavy atom. The quantitative estimate of drug-likeness (QED) is 0.712. The van der Waals surface area contributed by atoms with Gasteiger partial charge in [-0.05, 0) is 11.6 Å². The fraction of sp³-hybridized carbons (Fsp3) is 0.143. The fourth-order valence-electron chi connectivity index (χ4n) is 2.06. The van der Waals surface area contributed by atoms with Crippen molar-refractivity contribution in [2.45, 2.75) is 6.42 Å². The van der Waals surface area contributed by atoms with Gasteiger partial charge in [-0.2, -0.15) is 10.2 Å². The Morgan fingerprint density at radius 1 is 1.30 bits per heavy atom. The van der Waals surface area contributed by atoms with Gasteiger partial charge in [0.25, 0.3) is 0 Å². The van der Waals surface area contributed by atoms with E-state index in [-0.39, 0.29) is 18.1 Å². The SMILES string of the molecule is Cn1cnc2c(Cc3ccccc3F)nc(C#N)nc21. The summed E-state index contributed by atoms with van der Waals surface area (Å²) in [6.07, 6.45) is 1.88. The molecular formula is C14H10FN5. The molecule has 0 aliphatic heterocycles. The van der Waals surface area contributed by atoms with Crippen molar-refractivity contribution in [3.8, 4) is 6.07 Å². The van der Waals surface area contributed by atoms with E-state index in [1.54, 1.807) is 36.1 Å². The summed E-state index contributed by atoms with van der Waals surface area (Å²) >= 11 is 0. The lowest BCUT2D eigenvalue weighted by molar-refractivity contribution is 0.613. The molecule has 0 aliphatic rings. The maximum absolute atomic E-state index is 13.7. The third-order valence-corrected chi connectivity index (χ3v) is 3.05. The van der Waals surface area contributed by atoms with Gasteiger partial charge >= 0.3 is 0 Å². The van der Waals surface area contributed by atoms with Crippen LogP contribution >= 0.6 is 0 Å². The van der Waals surface area contributed by atoms with E-state index in [0.717, 1.165) is 0 Å². The molecule has 0 radical (unpaired) electrons. The fourth-order valence-corrected chi connectivity index (χ4v) is 2.06. The second-order valence-electron chi connectivity index (χ2n) is 4.40. The molecule has 0 fully saturated rings. The van der Waals surface area contributed by atoms with Gasteiger partial charge in [-0.25, -0.2) is 14.4 Å². The van der Waals surface area contributed by atoms with Crippen LogP contribution in [0.4, 0.5) is 4.39 Å². The zero-order valence-electron chi connectivity index (χ0n) is 10.7. The molecule has 0 saturated heterocycles. The lowest BCUT2D eigenvalue weighted by Gasteiger charge is -2.04. The van der Waals surface area contributed by atoms with Gasteiger partial charge in [-0.1, -0.05) is 18.2 Å². The van der Waals surface area contributed by atoms with E-state index in [2.05, 4.69) is 15.0 Å². The summed E-state index contributed by atoms with van der Waals surface area (Å²) in [6.45, 7) is 0. The first kappa shape index (κ1) is 12.2. The number of imidazole rings is 1. The van der Waals surface area contributed by atoms with E-state index in [1.165, 1.54) is 6.07 Å². The van der Waals surface area contributed by atoms with E-state index in [4.69, 9.17) is 5.26 Å². The summed E-state index contributed by atoms with van der Waals surface area (Å²) in [5.41, 5.74) is 2.23. The Kier molecular flexibility index (Phi) is 2.88. The second-order valence-corrected chi connectivity index (χ2v) is 4.40. The van der Waals surface area contributed by atoms with Crippen molar-refractivity contribution in [2.75, 3.05) is 0 Å². The van der Waals surface area contributed by atoms with E-state index >= 15 is 0 Å². The Morgan fingerprint density at radius 3 is 2.85 bits per heavy atom. The molecule has 3 rings (SSSR count). The van der Waals surface area contributed by atoms with Crippen LogP contribution in [0.5, 0.6) is 0 Å². The van der Waals surface area contributed by atoms with E-state index in [1.807, 2.05) is 6.07 Å². The number of aromatic nitrogens is 4. The van der Waals surface area contributed by atoms with Gasteiger partial charge in [0.1, 0.15) is 17.4 Å². The predicted octanol–water partition coefficient (Wildman–Crippen LogP) is 1.96. The lowest BCUT2D eigenvalue weighted by atomic mass is 10.1. The monoisotopic (exact) mass is 267 g/mol. The van der Waals surface area contributed by atoms with Gasteiger partial charge in [0.15, 0.2) is 5.65 Å². The molecule has 0 N–H and O–H groups in total. The largest absolute Gasteiger partial charge is 0.318 e. The number of benzene rings is 1. The molecule has 98 valence electrons. The number of rotatable bonds is 2. The molecule has 3 aromatic rings. The van der Waals surface area contributed by atoms with Crippen molar-refractivity contribution in [3.05, 3.63) is 53.5 Å². The molecule has 6 heteroatoms. The first-order valence-electron chi connectivity index (χ1n) is 6.00. The van der Waals surface area contributed by atoms with Crippen LogP contribution in [-0.4, -0.2) is 19.5 Å². The van der Waals surface area contributed by atoms with Crippen LogP contribution in [0.2, 0.25) is 0 Å². The normalized spacial score (nSPS) is 10.7. The van der Waals surface area contributed by atoms with Crippen molar-refractivity contribution < 1.29 is 4.39 Å². The third kappa shape index (κ3) is 1.99. The summed E-state index contributed by atoms with van der Waals surface area (Å²) in [7, 11) is 1.79. The molecule has 0 unspecified atom stereocenters. The van der Waals surface area contributed by atoms with Crippen molar-refractivity contribution in [2.24, 2.45) is 7.05 Å². The van der Waals surface area contributed by atoms with Crippen molar-refractivity contribution in [1.29, 1.82) is 5.26 Å². The number of halogens is 1. The summed E-state index contributed by atoms with van der Waals surface area (Å²) in [6, 6.07) is 8.41. The molecule has 0 bridgehead atoms. The van der Waals surface area contributed by atoms with Gasteiger partial charge < -0.3 is 4.57 Å². The highest BCUT2D eigenvalue weighted by Crippen LogP contribution is 2.18. The molecule has 0 aliphatic carbocycles. The first-order valence-corrected chi connectivity index (χ1v) is 6.00. The summed E-state index contributed by atoms with van der Waals surface area (Å²) in [5.74, 6) is -0.235. The highest BCUT2D eigenvalue weighted by Gasteiger charge is 2.13. The number of hydrogen-bond acceptors (Lipinski definition) is 4. The van der Waals surface area contributed by atoms with Gasteiger partial charge in [-0.3, -0.25) is 0 Å². The Labute approximate surface area is 114 Å². The highest BCUT2D eigenvalue weighted by atomic mass is 19.1. The zero-order chi connectivity index (χ0) is 14.1. The van der Waals surface area contributed by atoms with Crippen LogP contribution < -0.4 is 0 Å². The Balaban J connectivity index is 2.16.